The minimum Gasteiger partial charge on any atom is -0.512 e. The van der Waals surface area contributed by atoms with Gasteiger partial charge in [0.1, 0.15) is 28.7 Å². The first-order valence-corrected chi connectivity index (χ1v) is 5.24. The van der Waals surface area contributed by atoms with E-state index in [1.807, 2.05) is 0 Å². The molecule has 0 radical (unpaired) electrons. The number of aliphatic hydroxyl groups excluding tert-OH is 2. The average molecular weight is 250 g/mol. The van der Waals surface area contributed by atoms with E-state index in [1.165, 1.54) is 24.3 Å². The predicted molar refractivity (Wildman–Crippen MR) is 65.0 cm³/mol. The summed E-state index contributed by atoms with van der Waals surface area (Å²) >= 11 is 0. The van der Waals surface area contributed by atoms with Crippen LogP contribution in [-0.2, 0) is 0 Å². The molecule has 8 N–H and O–H groups in total. The van der Waals surface area contributed by atoms with Crippen LogP contribution in [0.5, 0.6) is 11.5 Å². The third-order valence-corrected chi connectivity index (χ3v) is 2.82. The molecule has 0 saturated heterocycles. The third kappa shape index (κ3) is 1.99. The fraction of sp³-hybridized carbons (Fsp3) is 0.167. The lowest BCUT2D eigenvalue weighted by Gasteiger charge is -2.28. The molecule has 0 aromatic heterocycles. The van der Waals surface area contributed by atoms with Crippen molar-refractivity contribution in [2.75, 3.05) is 0 Å². The lowest BCUT2D eigenvalue weighted by Crippen LogP contribution is -2.51. The summed E-state index contributed by atoms with van der Waals surface area (Å²) in [6, 6.07) is 3.88. The van der Waals surface area contributed by atoms with Crippen molar-refractivity contribution >= 4 is 0 Å². The molecule has 0 fully saturated rings. The summed E-state index contributed by atoms with van der Waals surface area (Å²) in [7, 11) is 0. The maximum absolute atomic E-state index is 9.84. The van der Waals surface area contributed by atoms with Gasteiger partial charge in [-0.15, -0.1) is 0 Å². The molecule has 0 aliphatic heterocycles. The van der Waals surface area contributed by atoms with Crippen LogP contribution in [0.15, 0.2) is 41.9 Å². The fourth-order valence-electron chi connectivity index (χ4n) is 1.84. The molecule has 0 spiro atoms. The molecule has 6 heteroatoms. The molecule has 1 aliphatic rings. The second-order valence-corrected chi connectivity index (χ2v) is 4.27. The quantitative estimate of drug-likeness (QED) is 0.321. The molecule has 1 aromatic rings. The van der Waals surface area contributed by atoms with Gasteiger partial charge in [0.2, 0.25) is 0 Å². The van der Waals surface area contributed by atoms with Crippen molar-refractivity contribution in [1.29, 1.82) is 0 Å². The number of benzene rings is 1. The summed E-state index contributed by atoms with van der Waals surface area (Å²) in [6.07, 6.45) is 2.32. The van der Waals surface area contributed by atoms with Crippen molar-refractivity contribution in [3.63, 3.8) is 0 Å². The second kappa shape index (κ2) is 3.94. The van der Waals surface area contributed by atoms with E-state index in [9.17, 15) is 20.4 Å². The third-order valence-electron chi connectivity index (χ3n) is 2.82. The molecule has 0 bridgehead atoms. The minimum absolute atomic E-state index is 0.0687. The highest BCUT2D eigenvalue weighted by Gasteiger charge is 2.32. The Hall–Kier alpha value is -2.18. The van der Waals surface area contributed by atoms with E-state index in [2.05, 4.69) is 0 Å². The molecule has 2 rings (SSSR count). The van der Waals surface area contributed by atoms with Crippen molar-refractivity contribution in [3.05, 3.63) is 47.4 Å². The summed E-state index contributed by atoms with van der Waals surface area (Å²) in [6.45, 7) is 0. The number of rotatable bonds is 1. The zero-order valence-electron chi connectivity index (χ0n) is 9.41. The molecule has 18 heavy (non-hydrogen) atoms. The normalized spacial score (nSPS) is 22.2. The van der Waals surface area contributed by atoms with Crippen molar-refractivity contribution in [2.24, 2.45) is 11.5 Å². The number of hydrogen-bond donors (Lipinski definition) is 6. The Bertz CT molecular complexity index is 549. The monoisotopic (exact) mass is 250 g/mol. The lowest BCUT2D eigenvalue weighted by atomic mass is 9.87. The molecule has 6 nitrogen and oxygen atoms in total. The maximum Gasteiger partial charge on any atom is 0.145 e. The van der Waals surface area contributed by atoms with Gasteiger partial charge in [-0.05, 0) is 30.4 Å². The van der Waals surface area contributed by atoms with Gasteiger partial charge in [0.25, 0.3) is 0 Å². The van der Waals surface area contributed by atoms with Crippen molar-refractivity contribution in [3.8, 4) is 11.5 Å². The second-order valence-electron chi connectivity index (χ2n) is 4.27. The molecule has 0 amide bonds. The van der Waals surface area contributed by atoms with Crippen LogP contribution in [0.1, 0.15) is 11.5 Å². The molecular weight excluding hydrogens is 236 g/mol. The van der Waals surface area contributed by atoms with Gasteiger partial charge in [-0.25, -0.2) is 0 Å². The van der Waals surface area contributed by atoms with Gasteiger partial charge < -0.3 is 31.9 Å². The van der Waals surface area contributed by atoms with Crippen LogP contribution in [0, 0.1) is 0 Å². The number of phenolic OH excluding ortho intramolecular Hbond substituents is 2. The highest BCUT2D eigenvalue weighted by molar-refractivity contribution is 5.48. The van der Waals surface area contributed by atoms with Gasteiger partial charge in [0, 0.05) is 5.56 Å². The van der Waals surface area contributed by atoms with Crippen LogP contribution in [0.25, 0.3) is 0 Å². The van der Waals surface area contributed by atoms with Gasteiger partial charge >= 0.3 is 0 Å². The first-order chi connectivity index (χ1) is 8.31. The van der Waals surface area contributed by atoms with Crippen molar-refractivity contribution in [2.45, 2.75) is 11.6 Å². The molecule has 0 saturated carbocycles. The van der Waals surface area contributed by atoms with Crippen LogP contribution in [0.4, 0.5) is 0 Å². The topological polar surface area (TPSA) is 133 Å². The summed E-state index contributed by atoms with van der Waals surface area (Å²) in [5, 5.41) is 38.6. The molecule has 0 heterocycles. The Kier molecular flexibility index (Phi) is 2.68. The summed E-state index contributed by atoms with van der Waals surface area (Å²) in [4.78, 5) is 0. The largest absolute Gasteiger partial charge is 0.512 e. The van der Waals surface area contributed by atoms with E-state index in [0.717, 1.165) is 6.08 Å². The maximum atomic E-state index is 9.84. The highest BCUT2D eigenvalue weighted by Crippen LogP contribution is 2.37. The van der Waals surface area contributed by atoms with Gasteiger partial charge in [-0.3, -0.25) is 0 Å². The standard InChI is InChI=1S/C12H14N2O4/c13-12(14)5-10(17)8(4-11(12)18)7-3-6(15)1-2-9(7)16/h1-5,8,15-18H,13-14H2. The minimum atomic E-state index is -1.63. The van der Waals surface area contributed by atoms with Crippen LogP contribution >= 0.6 is 0 Å². The molecule has 1 atom stereocenters. The molecule has 96 valence electrons. The Labute approximate surface area is 103 Å². The Morgan fingerprint density at radius 2 is 1.72 bits per heavy atom. The SMILES string of the molecule is NC1(N)C=C(O)C(c2cc(O)ccc2O)C=C1O. The van der Waals surface area contributed by atoms with E-state index >= 15 is 0 Å². The average Bonchev–Trinajstić information content (AvgIpc) is 2.27. The van der Waals surface area contributed by atoms with Crippen LogP contribution < -0.4 is 11.5 Å². The fourth-order valence-corrected chi connectivity index (χ4v) is 1.84. The highest BCUT2D eigenvalue weighted by atomic mass is 16.3. The zero-order chi connectivity index (χ0) is 13.5. The number of aliphatic hydroxyl groups is 2. The Morgan fingerprint density at radius 3 is 2.39 bits per heavy atom. The van der Waals surface area contributed by atoms with Crippen molar-refractivity contribution in [1.82, 2.24) is 0 Å². The Balaban J connectivity index is 2.50. The first kappa shape index (κ1) is 12.3. The molecule has 1 aliphatic carbocycles. The summed E-state index contributed by atoms with van der Waals surface area (Å²) in [5.41, 5.74) is 9.67. The van der Waals surface area contributed by atoms with Crippen LogP contribution in [-0.4, -0.2) is 26.1 Å². The van der Waals surface area contributed by atoms with Gasteiger partial charge in [-0.2, -0.15) is 0 Å². The van der Waals surface area contributed by atoms with Crippen molar-refractivity contribution < 1.29 is 20.4 Å². The van der Waals surface area contributed by atoms with E-state index in [4.69, 9.17) is 11.5 Å². The zero-order valence-corrected chi connectivity index (χ0v) is 9.41. The van der Waals surface area contributed by atoms with E-state index in [0.29, 0.717) is 0 Å². The van der Waals surface area contributed by atoms with Gasteiger partial charge in [0.15, 0.2) is 0 Å². The number of phenols is 2. The number of aromatic hydroxyl groups is 2. The molecule has 1 unspecified atom stereocenters. The number of nitrogens with two attached hydrogens (primary N) is 2. The summed E-state index contributed by atoms with van der Waals surface area (Å²) in [5.74, 6) is -1.53. The smallest absolute Gasteiger partial charge is 0.145 e. The van der Waals surface area contributed by atoms with Gasteiger partial charge in [-0.1, -0.05) is 0 Å². The van der Waals surface area contributed by atoms with Crippen LogP contribution in [0.2, 0.25) is 0 Å². The predicted octanol–water partition coefficient (Wildman–Crippen LogP) is 0.692. The summed E-state index contributed by atoms with van der Waals surface area (Å²) < 4.78 is 0. The first-order valence-electron chi connectivity index (χ1n) is 5.24. The molecule has 1 aromatic carbocycles. The number of hydrogen-bond acceptors (Lipinski definition) is 6. The van der Waals surface area contributed by atoms with Crippen LogP contribution in [0.3, 0.4) is 0 Å². The van der Waals surface area contributed by atoms with E-state index < -0.39 is 11.6 Å². The number of allylic oxidation sites excluding steroid dienone is 1. The van der Waals surface area contributed by atoms with Gasteiger partial charge in [0.05, 0.1) is 5.92 Å². The molecular formula is C12H14N2O4. The van der Waals surface area contributed by atoms with E-state index in [1.54, 1.807) is 0 Å². The van der Waals surface area contributed by atoms with E-state index in [-0.39, 0.29) is 28.6 Å². The lowest BCUT2D eigenvalue weighted by molar-refractivity contribution is 0.296. The Morgan fingerprint density at radius 1 is 1.06 bits per heavy atom.